The van der Waals surface area contributed by atoms with Crippen molar-refractivity contribution in [1.82, 2.24) is 15.0 Å². The number of hydrogen-bond acceptors (Lipinski definition) is 3. The monoisotopic (exact) mass is 257 g/mol. The molecule has 0 aliphatic heterocycles. The molecule has 0 aliphatic carbocycles. The molecule has 0 N–H and O–H groups in total. The van der Waals surface area contributed by atoms with Crippen LogP contribution < -0.4 is 0 Å². The Morgan fingerprint density at radius 3 is 2.60 bits per heavy atom. The first kappa shape index (κ1) is 11.1. The molecule has 3 heteroatoms. The Morgan fingerprint density at radius 2 is 1.60 bits per heavy atom. The van der Waals surface area contributed by atoms with Crippen molar-refractivity contribution >= 4 is 21.9 Å². The van der Waals surface area contributed by atoms with E-state index in [1.54, 1.807) is 6.20 Å². The third-order valence-electron chi connectivity index (χ3n) is 3.34. The van der Waals surface area contributed by atoms with Gasteiger partial charge in [0.15, 0.2) is 0 Å². The summed E-state index contributed by atoms with van der Waals surface area (Å²) in [5.41, 5.74) is 4.75. The summed E-state index contributed by atoms with van der Waals surface area (Å²) in [7, 11) is 0. The van der Waals surface area contributed by atoms with Crippen molar-refractivity contribution in [3.8, 4) is 11.3 Å². The second-order valence-corrected chi connectivity index (χ2v) is 4.65. The maximum atomic E-state index is 4.65. The summed E-state index contributed by atoms with van der Waals surface area (Å²) in [6.45, 7) is 0. The lowest BCUT2D eigenvalue weighted by atomic mass is 10.1. The van der Waals surface area contributed by atoms with Gasteiger partial charge in [0, 0.05) is 23.3 Å². The standard InChI is InChI=1S/C17H11N3/c1-2-5-14-12(4-1)10-13(11-19-14)15-7-8-16-17(20-15)6-3-9-18-16/h1-11H. The van der Waals surface area contributed by atoms with E-state index in [0.717, 1.165) is 33.2 Å². The van der Waals surface area contributed by atoms with Crippen molar-refractivity contribution in [2.75, 3.05) is 0 Å². The number of aromatic nitrogens is 3. The van der Waals surface area contributed by atoms with Gasteiger partial charge in [0.25, 0.3) is 0 Å². The van der Waals surface area contributed by atoms with E-state index in [1.165, 1.54) is 0 Å². The molecule has 0 saturated carbocycles. The lowest BCUT2D eigenvalue weighted by Crippen LogP contribution is -1.88. The minimum atomic E-state index is 0.901. The predicted octanol–water partition coefficient (Wildman–Crippen LogP) is 3.85. The van der Waals surface area contributed by atoms with Gasteiger partial charge in [0.05, 0.1) is 22.2 Å². The van der Waals surface area contributed by atoms with Crippen molar-refractivity contribution in [1.29, 1.82) is 0 Å². The van der Waals surface area contributed by atoms with E-state index in [-0.39, 0.29) is 0 Å². The van der Waals surface area contributed by atoms with Crippen LogP contribution in [0.15, 0.2) is 67.0 Å². The molecule has 0 radical (unpaired) electrons. The lowest BCUT2D eigenvalue weighted by molar-refractivity contribution is 1.32. The smallest absolute Gasteiger partial charge is 0.0894 e. The number of benzene rings is 1. The molecule has 4 rings (SSSR count). The Hall–Kier alpha value is -2.81. The van der Waals surface area contributed by atoms with Crippen LogP contribution in [-0.2, 0) is 0 Å². The molecule has 94 valence electrons. The highest BCUT2D eigenvalue weighted by Gasteiger charge is 2.03. The minimum absolute atomic E-state index is 0.901. The van der Waals surface area contributed by atoms with Crippen molar-refractivity contribution in [2.45, 2.75) is 0 Å². The highest BCUT2D eigenvalue weighted by Crippen LogP contribution is 2.22. The van der Waals surface area contributed by atoms with Gasteiger partial charge in [-0.25, -0.2) is 4.98 Å². The molecule has 0 amide bonds. The van der Waals surface area contributed by atoms with Crippen LogP contribution >= 0.6 is 0 Å². The van der Waals surface area contributed by atoms with Crippen LogP contribution in [-0.4, -0.2) is 15.0 Å². The first-order valence-corrected chi connectivity index (χ1v) is 6.47. The molecular formula is C17H11N3. The molecule has 20 heavy (non-hydrogen) atoms. The highest BCUT2D eigenvalue weighted by atomic mass is 14.8. The number of para-hydroxylation sites is 1. The van der Waals surface area contributed by atoms with Crippen LogP contribution in [0.4, 0.5) is 0 Å². The number of rotatable bonds is 1. The number of nitrogens with zero attached hydrogens (tertiary/aromatic N) is 3. The molecule has 0 bridgehead atoms. The van der Waals surface area contributed by atoms with Gasteiger partial charge in [0.2, 0.25) is 0 Å². The van der Waals surface area contributed by atoms with E-state index < -0.39 is 0 Å². The average molecular weight is 257 g/mol. The van der Waals surface area contributed by atoms with Gasteiger partial charge in [-0.1, -0.05) is 18.2 Å². The van der Waals surface area contributed by atoms with E-state index in [1.807, 2.05) is 48.7 Å². The molecule has 0 aliphatic rings. The fourth-order valence-electron chi connectivity index (χ4n) is 2.33. The van der Waals surface area contributed by atoms with E-state index in [0.29, 0.717) is 0 Å². The first-order chi connectivity index (χ1) is 9.90. The lowest BCUT2D eigenvalue weighted by Gasteiger charge is -2.04. The largest absolute Gasteiger partial charge is 0.256 e. The van der Waals surface area contributed by atoms with Gasteiger partial charge in [-0.2, -0.15) is 0 Å². The molecule has 0 unspecified atom stereocenters. The zero-order valence-corrected chi connectivity index (χ0v) is 10.7. The van der Waals surface area contributed by atoms with Gasteiger partial charge in [-0.05, 0) is 36.4 Å². The second kappa shape index (κ2) is 4.38. The van der Waals surface area contributed by atoms with Crippen molar-refractivity contribution in [2.24, 2.45) is 0 Å². The Kier molecular flexibility index (Phi) is 2.42. The van der Waals surface area contributed by atoms with Gasteiger partial charge in [0.1, 0.15) is 0 Å². The molecule has 3 nitrogen and oxygen atoms in total. The first-order valence-electron chi connectivity index (χ1n) is 6.47. The van der Waals surface area contributed by atoms with Gasteiger partial charge in [-0.15, -0.1) is 0 Å². The Balaban J connectivity index is 1.91. The van der Waals surface area contributed by atoms with Crippen molar-refractivity contribution in [3.63, 3.8) is 0 Å². The quantitative estimate of drug-likeness (QED) is 0.520. The van der Waals surface area contributed by atoms with Crippen LogP contribution in [0.2, 0.25) is 0 Å². The van der Waals surface area contributed by atoms with E-state index >= 15 is 0 Å². The summed E-state index contributed by atoms with van der Waals surface area (Å²) in [6.07, 6.45) is 3.65. The maximum absolute atomic E-state index is 4.65. The summed E-state index contributed by atoms with van der Waals surface area (Å²) in [5.74, 6) is 0. The molecule has 0 spiro atoms. The van der Waals surface area contributed by atoms with Crippen LogP contribution in [0.5, 0.6) is 0 Å². The minimum Gasteiger partial charge on any atom is -0.256 e. The predicted molar refractivity (Wildman–Crippen MR) is 80.3 cm³/mol. The highest BCUT2D eigenvalue weighted by molar-refractivity contribution is 5.84. The average Bonchev–Trinajstić information content (AvgIpc) is 2.54. The van der Waals surface area contributed by atoms with Crippen LogP contribution in [0, 0.1) is 0 Å². The molecular weight excluding hydrogens is 246 g/mol. The number of hydrogen-bond donors (Lipinski definition) is 0. The molecule has 3 heterocycles. The van der Waals surface area contributed by atoms with Crippen LogP contribution in [0.25, 0.3) is 33.2 Å². The number of fused-ring (bicyclic) bond motifs is 2. The van der Waals surface area contributed by atoms with Crippen molar-refractivity contribution in [3.05, 3.63) is 67.0 Å². The fraction of sp³-hybridized carbons (Fsp3) is 0. The van der Waals surface area contributed by atoms with Gasteiger partial charge < -0.3 is 0 Å². The zero-order chi connectivity index (χ0) is 13.4. The third kappa shape index (κ3) is 1.80. The normalized spacial score (nSPS) is 11.0. The maximum Gasteiger partial charge on any atom is 0.0894 e. The molecule has 0 fully saturated rings. The third-order valence-corrected chi connectivity index (χ3v) is 3.34. The fourth-order valence-corrected chi connectivity index (χ4v) is 2.33. The van der Waals surface area contributed by atoms with Gasteiger partial charge >= 0.3 is 0 Å². The Bertz CT molecular complexity index is 838. The molecule has 0 atom stereocenters. The molecule has 1 aromatic carbocycles. The van der Waals surface area contributed by atoms with Crippen LogP contribution in [0.1, 0.15) is 0 Å². The molecule has 3 aromatic heterocycles. The second-order valence-electron chi connectivity index (χ2n) is 4.65. The summed E-state index contributed by atoms with van der Waals surface area (Å²) < 4.78 is 0. The summed E-state index contributed by atoms with van der Waals surface area (Å²) in [6, 6.07) is 18.1. The Morgan fingerprint density at radius 1 is 0.700 bits per heavy atom. The SMILES string of the molecule is c1ccc2ncc(-c3ccc4ncccc4n3)cc2c1. The van der Waals surface area contributed by atoms with E-state index in [9.17, 15) is 0 Å². The topological polar surface area (TPSA) is 38.7 Å². The Labute approximate surface area is 116 Å². The molecule has 0 saturated heterocycles. The summed E-state index contributed by atoms with van der Waals surface area (Å²) in [5, 5.41) is 1.12. The van der Waals surface area contributed by atoms with Gasteiger partial charge in [-0.3, -0.25) is 9.97 Å². The summed E-state index contributed by atoms with van der Waals surface area (Å²) in [4.78, 5) is 13.4. The van der Waals surface area contributed by atoms with E-state index in [2.05, 4.69) is 27.1 Å². The van der Waals surface area contributed by atoms with Crippen molar-refractivity contribution < 1.29 is 0 Å². The summed E-state index contributed by atoms with van der Waals surface area (Å²) >= 11 is 0. The molecule has 4 aromatic rings. The van der Waals surface area contributed by atoms with E-state index in [4.69, 9.17) is 0 Å². The zero-order valence-electron chi connectivity index (χ0n) is 10.7. The number of pyridine rings is 3. The van der Waals surface area contributed by atoms with Crippen LogP contribution in [0.3, 0.4) is 0 Å².